The number of piperazine rings is 1. The summed E-state index contributed by atoms with van der Waals surface area (Å²) in [4.78, 5) is 86.9. The molecule has 5 heterocycles. The van der Waals surface area contributed by atoms with Gasteiger partial charge in [0, 0.05) is 22.9 Å². The Labute approximate surface area is 328 Å². The number of aromatic carboxylic acids is 1. The number of aromatic nitrogens is 2. The number of anilines is 2. The summed E-state index contributed by atoms with van der Waals surface area (Å²) in [6, 6.07) is -0.480. The third-order valence-corrected chi connectivity index (χ3v) is 11.9. The van der Waals surface area contributed by atoms with Crippen LogP contribution in [-0.2, 0) is 30.6 Å². The highest BCUT2D eigenvalue weighted by Crippen LogP contribution is 2.41. The van der Waals surface area contributed by atoms with Gasteiger partial charge >= 0.3 is 11.9 Å². The molecule has 3 aliphatic rings. The molecule has 1 aromatic carbocycles. The first-order chi connectivity index (χ1) is 26.8. The smallest absolute Gasteiger partial charge is 0.350 e. The van der Waals surface area contributed by atoms with Crippen molar-refractivity contribution in [1.82, 2.24) is 19.8 Å². The molecule has 57 heavy (non-hydrogen) atoms. The molecule has 0 bridgehead atoms. The Bertz CT molecular complexity index is 2340. The second kappa shape index (κ2) is 15.3. The molecule has 0 aliphatic carbocycles. The summed E-state index contributed by atoms with van der Waals surface area (Å²) >= 11 is 2.14. The number of amides is 2. The Morgan fingerprint density at radius 3 is 2.46 bits per heavy atom. The van der Waals surface area contributed by atoms with E-state index < -0.39 is 105 Å². The van der Waals surface area contributed by atoms with Crippen molar-refractivity contribution in [3.63, 3.8) is 0 Å². The van der Waals surface area contributed by atoms with Gasteiger partial charge < -0.3 is 50.0 Å². The number of carboxylic acid groups (broad SMARTS) is 3. The number of thioether (sulfide) groups is 1. The first-order valence-electron chi connectivity index (χ1n) is 17.1. The number of nitrogens with one attached hydrogen (secondary N) is 1. The first-order valence-corrected chi connectivity index (χ1v) is 19.0. The maximum atomic E-state index is 16.1. The zero-order valence-electron chi connectivity index (χ0n) is 30.4. The van der Waals surface area contributed by atoms with E-state index >= 15 is 8.78 Å². The number of carbonyl (C=O) groups excluding carboxylic acids is 3. The Hall–Kier alpha value is -5.68. The number of aliphatic carboxylic acids is 2. The van der Waals surface area contributed by atoms with Gasteiger partial charge in [0.15, 0.2) is 16.7 Å². The van der Waals surface area contributed by atoms with E-state index in [9.17, 15) is 48.5 Å². The lowest BCUT2D eigenvalue weighted by atomic mass is 10.0. The van der Waals surface area contributed by atoms with Crippen molar-refractivity contribution >= 4 is 80.3 Å². The number of thiazole rings is 1. The molecule has 18 nitrogen and oxygen atoms in total. The molecule has 5 N–H and O–H groups in total. The fraction of sp³-hybridized carbons (Fsp3) is 0.412. The Balaban J connectivity index is 1.19. The Morgan fingerprint density at radius 1 is 1.19 bits per heavy atom. The number of quaternary nitrogens is 1. The second-order valence-corrected chi connectivity index (χ2v) is 16.2. The van der Waals surface area contributed by atoms with E-state index in [1.165, 1.54) is 35.9 Å². The van der Waals surface area contributed by atoms with Crippen LogP contribution in [0.15, 0.2) is 38.9 Å². The summed E-state index contributed by atoms with van der Waals surface area (Å²) in [5.74, 6) is -8.54. The van der Waals surface area contributed by atoms with E-state index in [2.05, 4.69) is 15.5 Å². The largest absolute Gasteiger partial charge is 0.543 e. The van der Waals surface area contributed by atoms with Crippen LogP contribution in [0, 0.1) is 11.6 Å². The number of carboxylic acids is 3. The van der Waals surface area contributed by atoms with Crippen LogP contribution in [0.2, 0.25) is 0 Å². The van der Waals surface area contributed by atoms with Gasteiger partial charge in [-0.25, -0.2) is 27.7 Å². The maximum Gasteiger partial charge on any atom is 0.350 e. The van der Waals surface area contributed by atoms with Crippen molar-refractivity contribution in [2.24, 2.45) is 5.16 Å². The number of nitrogen functional groups attached to an aromatic ring is 1. The first kappa shape index (κ1) is 41.0. The van der Waals surface area contributed by atoms with Crippen molar-refractivity contribution in [2.75, 3.05) is 62.8 Å². The molecule has 6 rings (SSSR count). The van der Waals surface area contributed by atoms with E-state index in [0.29, 0.717) is 5.57 Å². The van der Waals surface area contributed by atoms with Crippen molar-refractivity contribution in [3.8, 4) is 0 Å². The van der Waals surface area contributed by atoms with E-state index in [0.717, 1.165) is 33.1 Å². The zero-order chi connectivity index (χ0) is 41.7. The number of β-lactam (4-membered cyclic amide) rings is 1. The van der Waals surface area contributed by atoms with Gasteiger partial charge in [-0.1, -0.05) is 5.16 Å². The molecular weight excluding hydrogens is 802 g/mol. The van der Waals surface area contributed by atoms with E-state index in [-0.39, 0.29) is 59.5 Å². The Morgan fingerprint density at radius 2 is 1.88 bits per heavy atom. The van der Waals surface area contributed by atoms with E-state index in [1.54, 1.807) is 7.05 Å². The summed E-state index contributed by atoms with van der Waals surface area (Å²) in [6.45, 7) is 1.57. The number of halogens is 3. The summed E-state index contributed by atoms with van der Waals surface area (Å²) in [6.07, 6.45) is 0.821. The summed E-state index contributed by atoms with van der Waals surface area (Å²) < 4.78 is 46.1. The van der Waals surface area contributed by atoms with Gasteiger partial charge in [0.1, 0.15) is 47.4 Å². The molecule has 2 amide bonds. The van der Waals surface area contributed by atoms with Gasteiger partial charge in [-0.3, -0.25) is 19.3 Å². The number of nitrogens with two attached hydrogens (primary N) is 1. The van der Waals surface area contributed by atoms with Gasteiger partial charge in [0.2, 0.25) is 11.0 Å². The molecule has 2 fully saturated rings. The molecule has 2 saturated heterocycles. The molecule has 2 atom stereocenters. The average molecular weight is 837 g/mol. The molecule has 0 saturated carbocycles. The van der Waals surface area contributed by atoms with Crippen LogP contribution < -0.4 is 26.5 Å². The third-order valence-electron chi connectivity index (χ3n) is 9.88. The number of carbonyl (C=O) groups is 5. The van der Waals surface area contributed by atoms with Crippen LogP contribution in [0.25, 0.3) is 10.9 Å². The molecule has 0 radical (unpaired) electrons. The third kappa shape index (κ3) is 7.60. The molecule has 2 aromatic heterocycles. The minimum absolute atomic E-state index is 0.0526. The maximum absolute atomic E-state index is 16.1. The molecule has 0 unspecified atom stereocenters. The van der Waals surface area contributed by atoms with Crippen molar-refractivity contribution < 1.29 is 61.8 Å². The number of hydrogen-bond acceptors (Lipinski definition) is 14. The van der Waals surface area contributed by atoms with Crippen molar-refractivity contribution in [3.05, 3.63) is 62.0 Å². The molecular formula is C34H35F3N8O10S2. The SMILES string of the molecule is CC(C)(O/N=C(\C(=O)N[C@@H]1C(=O)N2C(C(=O)[O-])=C(C[N+]3(C)CCN(c4c(F)cc5c(=O)c(C(=O)O)cn(CCF)c5c4F)CC3)CS[C@H]12)c1csc(N)n1)C(=O)O. The van der Waals surface area contributed by atoms with Gasteiger partial charge in [-0.15, -0.1) is 23.1 Å². The predicted molar refractivity (Wildman–Crippen MR) is 197 cm³/mol. The highest BCUT2D eigenvalue weighted by Gasteiger charge is 2.54. The molecule has 3 aromatic rings. The topological polar surface area (TPSA) is 250 Å². The lowest BCUT2D eigenvalue weighted by molar-refractivity contribution is -0.905. The second-order valence-electron chi connectivity index (χ2n) is 14.2. The van der Waals surface area contributed by atoms with Gasteiger partial charge in [0.05, 0.1) is 62.3 Å². The van der Waals surface area contributed by atoms with Crippen LogP contribution in [0.1, 0.15) is 29.9 Å². The fourth-order valence-electron chi connectivity index (χ4n) is 6.78. The number of rotatable bonds is 13. The zero-order valence-corrected chi connectivity index (χ0v) is 32.0. The van der Waals surface area contributed by atoms with Crippen LogP contribution in [-0.4, -0.2) is 134 Å². The van der Waals surface area contributed by atoms with Gasteiger partial charge in [-0.05, 0) is 19.9 Å². The lowest BCUT2D eigenvalue weighted by Gasteiger charge is -2.51. The van der Waals surface area contributed by atoms with Crippen LogP contribution >= 0.6 is 23.1 Å². The summed E-state index contributed by atoms with van der Waals surface area (Å²) in [5, 5.41) is 37.6. The highest BCUT2D eigenvalue weighted by atomic mass is 32.2. The number of hydrogen-bond donors (Lipinski definition) is 4. The average Bonchev–Trinajstić information content (AvgIpc) is 3.57. The highest BCUT2D eigenvalue weighted by molar-refractivity contribution is 8.00. The van der Waals surface area contributed by atoms with E-state index in [4.69, 9.17) is 10.6 Å². The predicted octanol–water partition coefficient (Wildman–Crippen LogP) is -0.0593. The number of likely N-dealkylation sites (N-methyl/N-ethyl adjacent to an activating group) is 1. The van der Waals surface area contributed by atoms with Crippen LogP contribution in [0.5, 0.6) is 0 Å². The van der Waals surface area contributed by atoms with Gasteiger partial charge in [-0.2, -0.15) is 0 Å². The summed E-state index contributed by atoms with van der Waals surface area (Å²) in [7, 11) is 1.80. The minimum atomic E-state index is -1.84. The Kier molecular flexibility index (Phi) is 11.0. The fourth-order valence-corrected chi connectivity index (χ4v) is 8.66. The minimum Gasteiger partial charge on any atom is -0.543 e. The summed E-state index contributed by atoms with van der Waals surface area (Å²) in [5.41, 5.74) is 0.500. The normalized spacial score (nSPS) is 19.6. The van der Waals surface area contributed by atoms with Gasteiger partial charge in [0.25, 0.3) is 11.8 Å². The number of alkyl halides is 1. The molecule has 3 aliphatic heterocycles. The number of nitrogens with zero attached hydrogens (tertiary/aromatic N) is 6. The number of benzene rings is 1. The van der Waals surface area contributed by atoms with Crippen molar-refractivity contribution in [2.45, 2.75) is 37.4 Å². The number of oxime groups is 1. The monoisotopic (exact) mass is 836 g/mol. The quantitative estimate of drug-likeness (QED) is 0.0763. The molecule has 23 heteroatoms. The lowest BCUT2D eigenvalue weighted by Crippen LogP contribution is -2.72. The molecule has 0 spiro atoms. The van der Waals surface area contributed by atoms with Crippen molar-refractivity contribution in [1.29, 1.82) is 0 Å². The molecule has 304 valence electrons. The van der Waals surface area contributed by atoms with Crippen LogP contribution in [0.4, 0.5) is 24.0 Å². The number of aryl methyl sites for hydroxylation is 1. The van der Waals surface area contributed by atoms with Crippen LogP contribution in [0.3, 0.4) is 0 Å². The number of fused-ring (bicyclic) bond motifs is 2. The standard InChI is InChI=1S/C34H35F3N8O10S2/c1-34(2,32(53)54)55-41-21(19-14-57-33(38)39-19)27(47)40-22-28(48)44-23(31(51)52)15(13-56-29(22)44)12-45(3)8-6-42(7-9-45)25-18(36)10-16-24(20(25)37)43(5-4-35)11-17(26(16)46)30(49)50/h10-11,14,22,29H,4-9,12-13H2,1-3H3,(H5-,38,39,40,47,49,50,51,52,53,54)/b41-21-/t22-,29-/m1/s1. The van der Waals surface area contributed by atoms with E-state index in [1.807, 2.05) is 0 Å². The number of pyridine rings is 1.